The maximum atomic E-state index is 11.8. The van der Waals surface area contributed by atoms with Crippen LogP contribution in [0, 0.1) is 0 Å². The fourth-order valence-electron chi connectivity index (χ4n) is 0.393. The molecular weight excluding hydrogens is 175 g/mol. The maximum absolute atomic E-state index is 11.8. The first-order valence-corrected chi connectivity index (χ1v) is 2.86. The van der Waals surface area contributed by atoms with Gasteiger partial charge in [-0.25, -0.2) is 0 Å². The van der Waals surface area contributed by atoms with Crippen LogP contribution < -0.4 is 5.90 Å². The molecule has 0 unspecified atom stereocenters. The Morgan fingerprint density at radius 2 is 2.08 bits per heavy atom. The second-order valence-corrected chi connectivity index (χ2v) is 1.91. The molecule has 0 aliphatic heterocycles. The molecule has 0 bridgehead atoms. The van der Waals surface area contributed by atoms with Gasteiger partial charge in [0.1, 0.15) is 12.4 Å². The van der Waals surface area contributed by atoms with E-state index in [0.29, 0.717) is 6.08 Å². The summed E-state index contributed by atoms with van der Waals surface area (Å²) < 4.78 is 35.3. The van der Waals surface area contributed by atoms with Gasteiger partial charge >= 0.3 is 6.18 Å². The van der Waals surface area contributed by atoms with E-state index < -0.39 is 24.1 Å². The quantitative estimate of drug-likeness (QED) is 0.388. The van der Waals surface area contributed by atoms with Crippen LogP contribution in [0.3, 0.4) is 0 Å². The van der Waals surface area contributed by atoms with Crippen molar-refractivity contribution in [3.63, 3.8) is 0 Å². The molecule has 0 heterocycles. The van der Waals surface area contributed by atoms with Crippen molar-refractivity contribution in [2.24, 2.45) is 5.90 Å². The second kappa shape index (κ2) is 4.13. The number of rotatable bonds is 3. The van der Waals surface area contributed by atoms with Gasteiger partial charge in [0.2, 0.25) is 0 Å². The fourth-order valence-corrected chi connectivity index (χ4v) is 0.393. The minimum Gasteiger partial charge on any atom is -0.413 e. The molecule has 0 saturated carbocycles. The molecule has 6 heteroatoms. The van der Waals surface area contributed by atoms with Gasteiger partial charge in [-0.05, 0) is 6.08 Å². The standard InChI is InChI=1S/C6H8F3NO2/c1-4(6(7,8)9)2-5(3-11)12-10/h2,11H,1,3,10H2/b5-2-. The molecule has 0 saturated heterocycles. The molecule has 0 radical (unpaired) electrons. The maximum Gasteiger partial charge on any atom is 0.415 e. The van der Waals surface area contributed by atoms with Gasteiger partial charge < -0.3 is 9.94 Å². The fraction of sp³-hybridized carbons (Fsp3) is 0.333. The van der Waals surface area contributed by atoms with Crippen LogP contribution in [0.15, 0.2) is 24.0 Å². The first-order chi connectivity index (χ1) is 5.41. The molecule has 0 aliphatic rings. The summed E-state index contributed by atoms with van der Waals surface area (Å²) in [5.74, 6) is 4.15. The molecule has 0 aliphatic carbocycles. The van der Waals surface area contributed by atoms with E-state index in [9.17, 15) is 13.2 Å². The van der Waals surface area contributed by atoms with Crippen molar-refractivity contribution in [2.75, 3.05) is 6.61 Å². The Balaban J connectivity index is 4.42. The number of aliphatic hydroxyl groups is 1. The number of halogens is 3. The number of hydrogen-bond donors (Lipinski definition) is 2. The van der Waals surface area contributed by atoms with Crippen molar-refractivity contribution in [1.82, 2.24) is 0 Å². The Labute approximate surface area is 66.9 Å². The lowest BCUT2D eigenvalue weighted by Crippen LogP contribution is -2.11. The van der Waals surface area contributed by atoms with Gasteiger partial charge in [-0.2, -0.15) is 19.1 Å². The molecule has 70 valence electrons. The van der Waals surface area contributed by atoms with Crippen molar-refractivity contribution in [2.45, 2.75) is 6.18 Å². The second-order valence-electron chi connectivity index (χ2n) is 1.91. The molecule has 3 nitrogen and oxygen atoms in total. The van der Waals surface area contributed by atoms with Gasteiger partial charge in [0.05, 0.1) is 5.57 Å². The van der Waals surface area contributed by atoms with Crippen molar-refractivity contribution in [3.05, 3.63) is 24.0 Å². The summed E-state index contributed by atoms with van der Waals surface area (Å²) in [6.45, 7) is 2.01. The van der Waals surface area contributed by atoms with Crippen LogP contribution in [0.25, 0.3) is 0 Å². The van der Waals surface area contributed by atoms with E-state index in [4.69, 9.17) is 5.11 Å². The zero-order valence-electron chi connectivity index (χ0n) is 6.06. The van der Waals surface area contributed by atoms with E-state index in [1.54, 1.807) is 0 Å². The average Bonchev–Trinajstić information content (AvgIpc) is 1.97. The van der Waals surface area contributed by atoms with Gasteiger partial charge in [0.25, 0.3) is 0 Å². The number of aliphatic hydroxyl groups excluding tert-OH is 1. The molecule has 0 fully saturated rings. The van der Waals surface area contributed by atoms with Crippen LogP contribution in [0.1, 0.15) is 0 Å². The van der Waals surface area contributed by atoms with E-state index in [2.05, 4.69) is 17.3 Å². The predicted molar refractivity (Wildman–Crippen MR) is 35.6 cm³/mol. The van der Waals surface area contributed by atoms with E-state index in [-0.39, 0.29) is 0 Å². The van der Waals surface area contributed by atoms with Gasteiger partial charge in [-0.15, -0.1) is 0 Å². The van der Waals surface area contributed by atoms with Gasteiger partial charge in [0.15, 0.2) is 0 Å². The number of hydrogen-bond acceptors (Lipinski definition) is 3. The summed E-state index contributed by atoms with van der Waals surface area (Å²) in [6, 6.07) is 0. The summed E-state index contributed by atoms with van der Waals surface area (Å²) in [7, 11) is 0. The molecule has 0 rings (SSSR count). The number of alkyl halides is 3. The molecule has 0 atom stereocenters. The highest BCUT2D eigenvalue weighted by Gasteiger charge is 2.30. The van der Waals surface area contributed by atoms with Crippen molar-refractivity contribution >= 4 is 0 Å². The van der Waals surface area contributed by atoms with Crippen LogP contribution in [0.4, 0.5) is 13.2 Å². The van der Waals surface area contributed by atoms with Crippen LogP contribution in [0.5, 0.6) is 0 Å². The van der Waals surface area contributed by atoms with Crippen LogP contribution in [-0.2, 0) is 4.84 Å². The zero-order valence-corrected chi connectivity index (χ0v) is 6.06. The summed E-state index contributed by atoms with van der Waals surface area (Å²) >= 11 is 0. The average molecular weight is 183 g/mol. The Kier molecular flexibility index (Phi) is 3.78. The van der Waals surface area contributed by atoms with Gasteiger partial charge in [-0.3, -0.25) is 0 Å². The number of nitrogens with two attached hydrogens (primary N) is 1. The van der Waals surface area contributed by atoms with E-state index in [1.165, 1.54) is 0 Å². The van der Waals surface area contributed by atoms with Crippen LogP contribution >= 0.6 is 0 Å². The topological polar surface area (TPSA) is 55.5 Å². The van der Waals surface area contributed by atoms with Gasteiger partial charge in [0, 0.05) is 0 Å². The molecule has 0 aromatic carbocycles. The summed E-state index contributed by atoms with van der Waals surface area (Å²) in [5.41, 5.74) is -1.13. The summed E-state index contributed by atoms with van der Waals surface area (Å²) in [5, 5.41) is 8.36. The summed E-state index contributed by atoms with van der Waals surface area (Å²) in [6.07, 6.45) is -4.00. The lowest BCUT2D eigenvalue weighted by molar-refractivity contribution is -0.0882. The highest BCUT2D eigenvalue weighted by molar-refractivity contribution is 5.22. The van der Waals surface area contributed by atoms with E-state index in [0.717, 1.165) is 0 Å². The van der Waals surface area contributed by atoms with Gasteiger partial charge in [-0.1, -0.05) is 6.58 Å². The first kappa shape index (κ1) is 11.0. The third kappa shape index (κ3) is 3.40. The molecule has 0 spiro atoms. The molecule has 12 heavy (non-hydrogen) atoms. The van der Waals surface area contributed by atoms with Crippen LogP contribution in [-0.4, -0.2) is 17.9 Å². The molecule has 3 N–H and O–H groups in total. The monoisotopic (exact) mass is 183 g/mol. The Hall–Kier alpha value is -1.01. The van der Waals surface area contributed by atoms with E-state index >= 15 is 0 Å². The third-order valence-corrected chi connectivity index (χ3v) is 1.01. The Morgan fingerprint density at radius 3 is 2.33 bits per heavy atom. The van der Waals surface area contributed by atoms with Crippen molar-refractivity contribution in [1.29, 1.82) is 0 Å². The molecule has 0 aromatic rings. The smallest absolute Gasteiger partial charge is 0.413 e. The van der Waals surface area contributed by atoms with E-state index in [1.807, 2.05) is 0 Å². The largest absolute Gasteiger partial charge is 0.415 e. The lowest BCUT2D eigenvalue weighted by Gasteiger charge is -2.06. The minimum atomic E-state index is -4.53. The lowest BCUT2D eigenvalue weighted by atomic mass is 10.2. The third-order valence-electron chi connectivity index (χ3n) is 1.01. The Morgan fingerprint density at radius 1 is 1.58 bits per heavy atom. The highest BCUT2D eigenvalue weighted by atomic mass is 19.4. The zero-order chi connectivity index (χ0) is 9.78. The first-order valence-electron chi connectivity index (χ1n) is 2.86. The number of allylic oxidation sites excluding steroid dienone is 2. The molecular formula is C6H8F3NO2. The van der Waals surface area contributed by atoms with Crippen molar-refractivity contribution < 1.29 is 23.1 Å². The SMILES string of the molecule is C=C(/C=C(/CO)ON)C(F)(F)F. The normalized spacial score (nSPS) is 12.9. The summed E-state index contributed by atoms with van der Waals surface area (Å²) in [4.78, 5) is 3.92. The molecule has 0 amide bonds. The molecule has 0 aromatic heterocycles. The van der Waals surface area contributed by atoms with Crippen LogP contribution in [0.2, 0.25) is 0 Å². The highest BCUT2D eigenvalue weighted by Crippen LogP contribution is 2.25. The predicted octanol–water partition coefficient (Wildman–Crippen LogP) is 0.871. The van der Waals surface area contributed by atoms with Crippen molar-refractivity contribution in [3.8, 4) is 0 Å². The minimum absolute atomic E-state index is 0.391. The Bertz CT molecular complexity index is 191.